The lowest BCUT2D eigenvalue weighted by atomic mass is 10.0. The molecule has 0 saturated carbocycles. The van der Waals surface area contributed by atoms with Crippen LogP contribution >= 0.6 is 0 Å². The highest BCUT2D eigenvalue weighted by molar-refractivity contribution is 5.89. The van der Waals surface area contributed by atoms with Crippen LogP contribution in [0.4, 0.5) is 14.9 Å². The molecule has 1 aromatic carbocycles. The molecule has 0 aliphatic carbocycles. The first-order chi connectivity index (χ1) is 12.1. The van der Waals surface area contributed by atoms with Crippen LogP contribution in [0.5, 0.6) is 0 Å². The highest BCUT2D eigenvalue weighted by Crippen LogP contribution is 2.14. The largest absolute Gasteiger partial charge is 0.376 e. The van der Waals surface area contributed by atoms with Gasteiger partial charge in [-0.3, -0.25) is 4.79 Å². The molecule has 3 rings (SSSR count). The lowest BCUT2D eigenvalue weighted by molar-refractivity contribution is -0.158. The van der Waals surface area contributed by atoms with Gasteiger partial charge >= 0.3 is 6.03 Å². The van der Waals surface area contributed by atoms with Crippen LogP contribution in [0.2, 0.25) is 0 Å². The number of ether oxygens (including phenoxy) is 2. The van der Waals surface area contributed by atoms with Crippen LogP contribution < -0.4 is 10.6 Å². The highest BCUT2D eigenvalue weighted by atomic mass is 19.1. The molecule has 0 bridgehead atoms. The zero-order valence-electron chi connectivity index (χ0n) is 13.9. The third-order valence-corrected chi connectivity index (χ3v) is 4.34. The number of likely N-dealkylation sites (tertiary alicyclic amines) is 1. The number of anilines is 1. The number of hydrogen-bond donors (Lipinski definition) is 2. The van der Waals surface area contributed by atoms with Gasteiger partial charge in [-0.25, -0.2) is 9.18 Å². The molecule has 2 aliphatic heterocycles. The van der Waals surface area contributed by atoms with Crippen molar-refractivity contribution in [3.63, 3.8) is 0 Å². The Labute approximate surface area is 145 Å². The minimum Gasteiger partial charge on any atom is -0.376 e. The van der Waals surface area contributed by atoms with E-state index in [1.165, 1.54) is 24.3 Å². The fraction of sp³-hybridized carbons (Fsp3) is 0.529. The Hall–Kier alpha value is -2.19. The number of piperidine rings is 1. The van der Waals surface area contributed by atoms with Gasteiger partial charge in [-0.2, -0.15) is 0 Å². The van der Waals surface area contributed by atoms with Crippen LogP contribution in [0.25, 0.3) is 0 Å². The molecule has 7 nitrogen and oxygen atoms in total. The van der Waals surface area contributed by atoms with Gasteiger partial charge < -0.3 is 25.0 Å². The van der Waals surface area contributed by atoms with Crippen LogP contribution in [0.15, 0.2) is 24.3 Å². The number of nitrogens with zero attached hydrogens (tertiary/aromatic N) is 1. The van der Waals surface area contributed by atoms with Crippen molar-refractivity contribution in [3.05, 3.63) is 30.1 Å². The van der Waals surface area contributed by atoms with Gasteiger partial charge in [0.2, 0.25) is 0 Å². The molecule has 0 unspecified atom stereocenters. The second-order valence-electron chi connectivity index (χ2n) is 6.14. The molecule has 2 heterocycles. The van der Waals surface area contributed by atoms with E-state index in [2.05, 4.69) is 10.6 Å². The third kappa shape index (κ3) is 4.90. The Morgan fingerprint density at radius 3 is 2.48 bits per heavy atom. The molecular weight excluding hydrogens is 329 g/mol. The van der Waals surface area contributed by atoms with Crippen LogP contribution in [0.3, 0.4) is 0 Å². The van der Waals surface area contributed by atoms with Crippen molar-refractivity contribution < 1.29 is 23.5 Å². The van der Waals surface area contributed by atoms with Crippen LogP contribution in [0.1, 0.15) is 12.8 Å². The van der Waals surface area contributed by atoms with Gasteiger partial charge in [-0.1, -0.05) is 0 Å². The van der Waals surface area contributed by atoms with Crippen molar-refractivity contribution in [2.24, 2.45) is 0 Å². The standard InChI is InChI=1S/C17H22FN3O4/c18-12-1-3-13(4-2-12)19-17(23)20-14-5-7-21(8-6-14)16(22)15-11-24-9-10-25-15/h1-4,14-15H,5-11H2,(H2,19,20,23)/t15-/m1/s1. The van der Waals surface area contributed by atoms with Crippen LogP contribution in [-0.4, -0.2) is 61.9 Å². The predicted octanol–water partition coefficient (Wildman–Crippen LogP) is 1.35. The quantitative estimate of drug-likeness (QED) is 0.862. The monoisotopic (exact) mass is 351 g/mol. The van der Waals surface area contributed by atoms with E-state index in [1.807, 2.05) is 0 Å². The first-order valence-electron chi connectivity index (χ1n) is 8.43. The van der Waals surface area contributed by atoms with Crippen molar-refractivity contribution in [2.75, 3.05) is 38.2 Å². The molecule has 2 aliphatic rings. The first kappa shape index (κ1) is 17.6. The molecule has 2 fully saturated rings. The van der Waals surface area contributed by atoms with Crippen molar-refractivity contribution in [3.8, 4) is 0 Å². The fourth-order valence-electron chi connectivity index (χ4n) is 2.96. The molecule has 25 heavy (non-hydrogen) atoms. The number of benzene rings is 1. The van der Waals surface area contributed by atoms with Crippen molar-refractivity contribution in [2.45, 2.75) is 25.0 Å². The predicted molar refractivity (Wildman–Crippen MR) is 88.7 cm³/mol. The summed E-state index contributed by atoms with van der Waals surface area (Å²) in [6.45, 7) is 2.41. The molecule has 0 radical (unpaired) electrons. The SMILES string of the molecule is O=C(Nc1ccc(F)cc1)NC1CCN(C(=O)[C@H]2COCCO2)CC1. The van der Waals surface area contributed by atoms with Crippen molar-refractivity contribution in [1.82, 2.24) is 10.2 Å². The summed E-state index contributed by atoms with van der Waals surface area (Å²) in [6, 6.07) is 5.24. The van der Waals surface area contributed by atoms with Gasteiger partial charge in [0, 0.05) is 24.8 Å². The van der Waals surface area contributed by atoms with Gasteiger partial charge in [-0.15, -0.1) is 0 Å². The molecule has 3 amide bonds. The number of carbonyl (C=O) groups is 2. The summed E-state index contributed by atoms with van der Waals surface area (Å²) in [5.41, 5.74) is 0.529. The smallest absolute Gasteiger partial charge is 0.319 e. The zero-order chi connectivity index (χ0) is 17.6. The number of hydrogen-bond acceptors (Lipinski definition) is 4. The van der Waals surface area contributed by atoms with Gasteiger partial charge in [0.25, 0.3) is 5.91 Å². The number of rotatable bonds is 3. The van der Waals surface area contributed by atoms with E-state index in [1.54, 1.807) is 4.90 Å². The summed E-state index contributed by atoms with van der Waals surface area (Å²) in [5.74, 6) is -0.399. The Balaban J connectivity index is 1.41. The van der Waals surface area contributed by atoms with E-state index < -0.39 is 6.10 Å². The van der Waals surface area contributed by atoms with Crippen LogP contribution in [-0.2, 0) is 14.3 Å². The van der Waals surface area contributed by atoms with E-state index in [0.29, 0.717) is 51.4 Å². The molecule has 0 aromatic heterocycles. The average molecular weight is 351 g/mol. The van der Waals surface area contributed by atoms with Gasteiger partial charge in [0.05, 0.1) is 19.8 Å². The lowest BCUT2D eigenvalue weighted by Crippen LogP contribution is -2.51. The Kier molecular flexibility index (Phi) is 5.83. The van der Waals surface area contributed by atoms with E-state index in [-0.39, 0.29) is 23.8 Å². The molecular formula is C17H22FN3O4. The summed E-state index contributed by atoms with van der Waals surface area (Å²) in [7, 11) is 0. The third-order valence-electron chi connectivity index (χ3n) is 4.34. The summed E-state index contributed by atoms with van der Waals surface area (Å²) in [6.07, 6.45) is 0.840. The maximum atomic E-state index is 12.9. The lowest BCUT2D eigenvalue weighted by Gasteiger charge is -2.35. The second-order valence-corrected chi connectivity index (χ2v) is 6.14. The van der Waals surface area contributed by atoms with Gasteiger partial charge in [-0.05, 0) is 37.1 Å². The van der Waals surface area contributed by atoms with E-state index in [4.69, 9.17) is 9.47 Å². The highest BCUT2D eigenvalue weighted by Gasteiger charge is 2.30. The number of amides is 3. The van der Waals surface area contributed by atoms with Crippen molar-refractivity contribution in [1.29, 1.82) is 0 Å². The second kappa shape index (κ2) is 8.26. The number of halogens is 1. The van der Waals surface area contributed by atoms with Crippen molar-refractivity contribution >= 4 is 17.6 Å². The molecule has 1 aromatic rings. The Bertz CT molecular complexity index is 596. The minimum atomic E-state index is -0.514. The Morgan fingerprint density at radius 1 is 1.12 bits per heavy atom. The van der Waals surface area contributed by atoms with Gasteiger partial charge in [0.1, 0.15) is 5.82 Å². The summed E-state index contributed by atoms with van der Waals surface area (Å²) >= 11 is 0. The first-order valence-corrected chi connectivity index (χ1v) is 8.43. The molecule has 8 heteroatoms. The van der Waals surface area contributed by atoms with E-state index >= 15 is 0 Å². The molecule has 1 atom stereocenters. The summed E-state index contributed by atoms with van der Waals surface area (Å²) < 4.78 is 23.6. The Morgan fingerprint density at radius 2 is 1.84 bits per heavy atom. The number of carbonyl (C=O) groups excluding carboxylic acids is 2. The summed E-state index contributed by atoms with van der Waals surface area (Å²) in [4.78, 5) is 26.1. The normalized spacial score (nSPS) is 21.6. The minimum absolute atomic E-state index is 0.00646. The zero-order valence-corrected chi connectivity index (χ0v) is 13.9. The average Bonchev–Trinajstić information content (AvgIpc) is 2.64. The molecule has 2 N–H and O–H groups in total. The summed E-state index contributed by atoms with van der Waals surface area (Å²) in [5, 5.41) is 5.55. The fourth-order valence-corrected chi connectivity index (χ4v) is 2.96. The van der Waals surface area contributed by atoms with E-state index in [0.717, 1.165) is 0 Å². The van der Waals surface area contributed by atoms with E-state index in [9.17, 15) is 14.0 Å². The maximum absolute atomic E-state index is 12.9. The molecule has 136 valence electrons. The van der Waals surface area contributed by atoms with Crippen LogP contribution in [0, 0.1) is 5.82 Å². The number of nitrogens with one attached hydrogen (secondary N) is 2. The molecule has 2 saturated heterocycles. The number of urea groups is 1. The maximum Gasteiger partial charge on any atom is 0.319 e. The molecule has 0 spiro atoms. The topological polar surface area (TPSA) is 79.9 Å². The van der Waals surface area contributed by atoms with Gasteiger partial charge in [0.15, 0.2) is 6.10 Å².